The Morgan fingerprint density at radius 1 is 1.10 bits per heavy atom. The molecular formula is C9H13Li2N2O15P3. The molecule has 31 heavy (non-hydrogen) atoms. The molecule has 1 aromatic heterocycles. The third-order valence-corrected chi connectivity index (χ3v) is 7.00. The summed E-state index contributed by atoms with van der Waals surface area (Å²) in [6.45, 7) is -1.09. The summed E-state index contributed by atoms with van der Waals surface area (Å²) in [6, 6.07) is 0.908. The minimum Gasteiger partial charge on any atom is -0.756 e. The van der Waals surface area contributed by atoms with E-state index < -0.39 is 65.9 Å². The first-order chi connectivity index (χ1) is 13.1. The van der Waals surface area contributed by atoms with Crippen molar-refractivity contribution in [2.75, 3.05) is 6.61 Å². The summed E-state index contributed by atoms with van der Waals surface area (Å²) in [5.41, 5.74) is -1.77. The second kappa shape index (κ2) is 11.5. The summed E-state index contributed by atoms with van der Waals surface area (Å²) in [5.74, 6) is 0. The van der Waals surface area contributed by atoms with Crippen molar-refractivity contribution in [3.8, 4) is 0 Å². The predicted molar refractivity (Wildman–Crippen MR) is 82.6 cm³/mol. The van der Waals surface area contributed by atoms with E-state index in [0.717, 1.165) is 12.3 Å². The molecule has 2 heterocycles. The van der Waals surface area contributed by atoms with Crippen LogP contribution >= 0.6 is 23.5 Å². The molecule has 2 rings (SSSR count). The van der Waals surface area contributed by atoms with Gasteiger partial charge in [0.2, 0.25) is 0 Å². The molecule has 7 atom stereocenters. The van der Waals surface area contributed by atoms with Gasteiger partial charge in [-0.15, -0.1) is 0 Å². The molecular weight excluding hydrogens is 492 g/mol. The van der Waals surface area contributed by atoms with Crippen LogP contribution in [0.3, 0.4) is 0 Å². The fourth-order valence-corrected chi connectivity index (χ4v) is 5.12. The number of hydrogen-bond donors (Lipinski definition) is 5. The second-order valence-electron chi connectivity index (χ2n) is 5.41. The van der Waals surface area contributed by atoms with E-state index >= 15 is 0 Å². The Labute approximate surface area is 196 Å². The fraction of sp³-hybridized carbons (Fsp3) is 0.556. The molecule has 1 aliphatic heterocycles. The van der Waals surface area contributed by atoms with Crippen LogP contribution in [0.15, 0.2) is 21.9 Å². The number of aliphatic hydroxyl groups is 2. The quantitative estimate of drug-likeness (QED) is 0.125. The van der Waals surface area contributed by atoms with E-state index in [1.165, 1.54) is 0 Å². The molecule has 0 radical (unpaired) electrons. The van der Waals surface area contributed by atoms with Crippen molar-refractivity contribution in [1.29, 1.82) is 0 Å². The molecule has 0 spiro atoms. The number of rotatable bonds is 8. The standard InChI is InChI=1S/C9H15N2O15P3.2Li/c12-5-1-2-11(9(15)10-5)8-7(14)6(13)4(24-8)3-23-28(19,20)26-29(21,22)25-27(16,17)18;;/h1-2,4,6-8,13-14H,3H2,(H,19,20)(H,21,22)(H,10,12,15)(H2,16,17,18);;/q;2*+1/p-2/t4-,6+,7?,8-;;/m1../s1/i1+1,2+1,3+1,4+1,5+1,6+1,7+1,8+1,9+1;;. The van der Waals surface area contributed by atoms with Gasteiger partial charge in [-0.05, 0) is 0 Å². The molecule has 0 aliphatic carbocycles. The van der Waals surface area contributed by atoms with Gasteiger partial charge in [0.05, 0.1) is 6.61 Å². The van der Waals surface area contributed by atoms with Crippen LogP contribution in [0.4, 0.5) is 0 Å². The minimum atomic E-state index is -6.04. The van der Waals surface area contributed by atoms with Gasteiger partial charge in [0.25, 0.3) is 21.2 Å². The van der Waals surface area contributed by atoms with Gasteiger partial charge < -0.3 is 34.5 Å². The number of aliphatic hydroxyl groups excluding tert-OH is 2. The van der Waals surface area contributed by atoms with Crippen molar-refractivity contribution in [2.24, 2.45) is 0 Å². The van der Waals surface area contributed by atoms with E-state index in [9.17, 15) is 48.2 Å². The summed E-state index contributed by atoms with van der Waals surface area (Å²) in [5, 5.41) is 19.9. The maximum atomic E-state index is 11.7. The molecule has 0 saturated carbocycles. The molecule has 0 bridgehead atoms. The Morgan fingerprint density at radius 2 is 1.68 bits per heavy atom. The van der Waals surface area contributed by atoms with Crippen molar-refractivity contribution >= 4 is 23.5 Å². The van der Waals surface area contributed by atoms with Crippen LogP contribution in [0.25, 0.3) is 0 Å². The van der Waals surface area contributed by atoms with Crippen molar-refractivity contribution in [3.05, 3.63) is 33.1 Å². The van der Waals surface area contributed by atoms with Crippen LogP contribution < -0.4 is 58.8 Å². The molecule has 22 heteroatoms. The molecule has 1 saturated heterocycles. The van der Waals surface area contributed by atoms with Crippen LogP contribution in [0, 0.1) is 0 Å². The van der Waals surface area contributed by atoms with Gasteiger partial charge in [-0.2, -0.15) is 0 Å². The topological polar surface area (TPSA) is 270 Å². The number of nitrogens with one attached hydrogen (secondary N) is 1. The number of aromatic nitrogens is 2. The number of phosphoric ester groups is 1. The number of H-pyrrole nitrogens is 1. The summed E-state index contributed by atoms with van der Waals surface area (Å²) in [6.07, 6.45) is -5.81. The Morgan fingerprint density at radius 3 is 2.19 bits per heavy atom. The molecule has 1 fully saturated rings. The molecule has 1 aromatic rings. The second-order valence-corrected chi connectivity index (χ2v) is 9.74. The Bertz CT molecular complexity index is 1010. The van der Waals surface area contributed by atoms with Gasteiger partial charge in [-0.1, -0.05) is 0 Å². The fourth-order valence-electron chi connectivity index (χ4n) is 2.18. The normalized spacial score (nSPS) is 29.0. The Kier molecular flexibility index (Phi) is 11.6. The van der Waals surface area contributed by atoms with Crippen molar-refractivity contribution in [2.45, 2.75) is 24.5 Å². The Balaban J connectivity index is 0.00000450. The first-order valence-corrected chi connectivity index (χ1v) is 11.6. The van der Waals surface area contributed by atoms with Gasteiger partial charge >= 0.3 is 51.2 Å². The van der Waals surface area contributed by atoms with E-state index in [1.54, 1.807) is 0 Å². The monoisotopic (exact) mass is 505 g/mol. The summed E-state index contributed by atoms with van der Waals surface area (Å²) in [7, 11) is -17.5. The molecule has 4 unspecified atom stereocenters. The smallest absolute Gasteiger partial charge is 0.756 e. The predicted octanol–water partition coefficient (Wildman–Crippen LogP) is -9.76. The van der Waals surface area contributed by atoms with Crippen molar-refractivity contribution in [3.63, 3.8) is 0 Å². The molecule has 5 N–H and O–H groups in total. The minimum absolute atomic E-state index is 0. The maximum Gasteiger partial charge on any atom is 1.00 e. The van der Waals surface area contributed by atoms with Crippen LogP contribution in [-0.4, -0.2) is 54.5 Å². The first-order valence-electron chi connectivity index (χ1n) is 7.18. The molecule has 17 nitrogen and oxygen atoms in total. The maximum absolute atomic E-state index is 11.7. The third kappa shape index (κ3) is 9.14. The zero-order valence-corrected chi connectivity index (χ0v) is 18.4. The molecule has 1 aliphatic rings. The largest absolute Gasteiger partial charge is 1.00 e. The van der Waals surface area contributed by atoms with E-state index in [2.05, 4.69) is 13.1 Å². The third-order valence-electron chi connectivity index (χ3n) is 3.27. The number of phosphoric acid groups is 3. The first kappa shape index (κ1) is 31.2. The average molecular weight is 505 g/mol. The van der Waals surface area contributed by atoms with E-state index in [0.29, 0.717) is 4.57 Å². The van der Waals surface area contributed by atoms with E-state index in [4.69, 9.17) is 9.63 Å². The average Bonchev–Trinajstić information content (AvgIpc) is 2.78. The Hall–Kier alpha value is 0.165. The van der Waals surface area contributed by atoms with Crippen LogP contribution in [-0.2, 0) is 31.6 Å². The summed E-state index contributed by atoms with van der Waals surface area (Å²) >= 11 is 0. The van der Waals surface area contributed by atoms with Gasteiger partial charge in [0.1, 0.15) is 18.3 Å². The molecule has 166 valence electrons. The molecule has 0 aromatic carbocycles. The zero-order chi connectivity index (χ0) is 22.2. The molecule has 0 amide bonds. The van der Waals surface area contributed by atoms with E-state index in [1.807, 2.05) is 4.98 Å². The van der Waals surface area contributed by atoms with Gasteiger partial charge in [-0.25, -0.2) is 18.0 Å². The van der Waals surface area contributed by atoms with Crippen LogP contribution in [0.1, 0.15) is 6.23 Å². The van der Waals surface area contributed by atoms with Crippen molar-refractivity contribution in [1.82, 2.24) is 9.55 Å². The SMILES string of the molecule is O=[13c]1[13cH][13cH]n([13C@@H]2O[13C@H]([13CH2]OP(=O)(O)OP(=O)([O-])OP(=O)([O-])O)[13C@H](O)[13CH]2O)[13c](=O)[nH]1.[Li+].[Li+]. The number of aromatic amines is 1. The van der Waals surface area contributed by atoms with Crippen molar-refractivity contribution < 1.29 is 99.1 Å². The summed E-state index contributed by atoms with van der Waals surface area (Å²) in [4.78, 5) is 63.7. The number of ether oxygens (including phenoxy) is 1. The van der Waals surface area contributed by atoms with Gasteiger partial charge in [-0.3, -0.25) is 28.0 Å². The van der Waals surface area contributed by atoms with E-state index in [-0.39, 0.29) is 37.7 Å². The van der Waals surface area contributed by atoms with Gasteiger partial charge in [0, 0.05) is 12.3 Å². The van der Waals surface area contributed by atoms with Crippen LogP contribution in [0.5, 0.6) is 0 Å². The number of hydrogen-bond acceptors (Lipinski definition) is 13. The number of nitrogens with zero attached hydrogens (tertiary/aromatic N) is 1. The summed E-state index contributed by atoms with van der Waals surface area (Å²) < 4.78 is 49.7. The van der Waals surface area contributed by atoms with Gasteiger partial charge in [0.15, 0.2) is 6.23 Å². The van der Waals surface area contributed by atoms with Crippen LogP contribution in [0.2, 0.25) is 0 Å². The zero-order valence-electron chi connectivity index (χ0n) is 15.7.